The third kappa shape index (κ3) is 3.06. The van der Waals surface area contributed by atoms with E-state index in [2.05, 4.69) is 112 Å². The minimum Gasteiger partial charge on any atom is -0.232 e. The van der Waals surface area contributed by atoms with Gasteiger partial charge in [0.05, 0.1) is 17.2 Å². The fraction of sp³-hybridized carbons (Fsp3) is 0.156. The van der Waals surface area contributed by atoms with Crippen molar-refractivity contribution in [3.05, 3.63) is 107 Å². The van der Waals surface area contributed by atoms with Crippen LogP contribution >= 0.6 is 0 Å². The number of aromatic nitrogens is 2. The molecule has 0 N–H and O–H groups in total. The lowest BCUT2D eigenvalue weighted by Crippen LogP contribution is -1.96. The van der Waals surface area contributed by atoms with Gasteiger partial charge >= 0.3 is 0 Å². The lowest BCUT2D eigenvalue weighted by Gasteiger charge is -2.17. The predicted octanol–water partition coefficient (Wildman–Crippen LogP) is 8.52. The Kier molecular flexibility index (Phi) is 4.60. The van der Waals surface area contributed by atoms with E-state index < -0.39 is 0 Å². The maximum atomic E-state index is 4.73. The predicted molar refractivity (Wildman–Crippen MR) is 145 cm³/mol. The molecule has 4 aromatic carbocycles. The van der Waals surface area contributed by atoms with Crippen LogP contribution < -0.4 is 0 Å². The summed E-state index contributed by atoms with van der Waals surface area (Å²) in [6, 6.07) is 27.0. The fourth-order valence-electron chi connectivity index (χ4n) is 5.80. The monoisotopic (exact) mass is 440 g/mol. The van der Waals surface area contributed by atoms with E-state index in [0.29, 0.717) is 0 Å². The number of fused-ring (bicyclic) bond motifs is 6. The largest absolute Gasteiger partial charge is 0.232 e. The van der Waals surface area contributed by atoms with Crippen LogP contribution in [0, 0.1) is 34.6 Å². The molecule has 0 aliphatic rings. The molecular weight excluding hydrogens is 412 g/mol. The first-order valence-corrected chi connectivity index (χ1v) is 11.9. The molecule has 0 aliphatic heterocycles. The van der Waals surface area contributed by atoms with Crippen molar-refractivity contribution in [1.29, 1.82) is 0 Å². The molecule has 0 atom stereocenters. The summed E-state index contributed by atoms with van der Waals surface area (Å²) in [5, 5.41) is 8.49. The molecular formula is C32H28N2. The minimum atomic E-state index is 1.14. The van der Waals surface area contributed by atoms with Crippen LogP contribution in [0.15, 0.2) is 79.0 Å². The topological polar surface area (TPSA) is 17.3 Å². The number of hydrogen-bond acceptors (Lipinski definition) is 1. The summed E-state index contributed by atoms with van der Waals surface area (Å²) >= 11 is 0. The third-order valence-electron chi connectivity index (χ3n) is 7.12. The van der Waals surface area contributed by atoms with Crippen molar-refractivity contribution < 1.29 is 0 Å². The van der Waals surface area contributed by atoms with Gasteiger partial charge in [0.1, 0.15) is 0 Å². The maximum absolute atomic E-state index is 4.73. The van der Waals surface area contributed by atoms with Gasteiger partial charge in [0.15, 0.2) is 0 Å². The molecule has 0 saturated heterocycles. The van der Waals surface area contributed by atoms with Crippen molar-refractivity contribution in [3.8, 4) is 22.3 Å². The first kappa shape index (κ1) is 20.7. The lowest BCUT2D eigenvalue weighted by atomic mass is 9.90. The second kappa shape index (κ2) is 7.56. The van der Waals surface area contributed by atoms with Gasteiger partial charge in [-0.2, -0.15) is 5.10 Å². The van der Waals surface area contributed by atoms with Gasteiger partial charge < -0.3 is 0 Å². The highest BCUT2D eigenvalue weighted by molar-refractivity contribution is 6.18. The standard InChI is InChI=1S/C32H28N2/c1-19-9-11-25(21(3)15-19)26-7-6-8-30-32(26)27-12-10-24(18-28(27)29-13-14-33-34(29)30)31-22(4)16-20(2)17-23(31)5/h6-18H,1-5H3. The molecule has 0 unspecified atom stereocenters. The molecule has 0 aliphatic carbocycles. The first-order valence-electron chi connectivity index (χ1n) is 11.9. The third-order valence-corrected chi connectivity index (χ3v) is 7.12. The van der Waals surface area contributed by atoms with E-state index in [9.17, 15) is 0 Å². The van der Waals surface area contributed by atoms with Crippen molar-refractivity contribution in [3.63, 3.8) is 0 Å². The van der Waals surface area contributed by atoms with Crippen LogP contribution in [0.4, 0.5) is 0 Å². The molecule has 0 bridgehead atoms. The Morgan fingerprint density at radius 2 is 1.35 bits per heavy atom. The Morgan fingerprint density at radius 1 is 0.588 bits per heavy atom. The van der Waals surface area contributed by atoms with Gasteiger partial charge in [0.25, 0.3) is 0 Å². The van der Waals surface area contributed by atoms with E-state index in [-0.39, 0.29) is 0 Å². The fourth-order valence-corrected chi connectivity index (χ4v) is 5.80. The Balaban J connectivity index is 1.74. The van der Waals surface area contributed by atoms with Gasteiger partial charge in [-0.15, -0.1) is 0 Å². The van der Waals surface area contributed by atoms with E-state index in [1.807, 2.05) is 6.20 Å². The minimum absolute atomic E-state index is 1.14. The molecule has 34 heavy (non-hydrogen) atoms. The molecule has 2 heteroatoms. The number of hydrogen-bond donors (Lipinski definition) is 0. The number of pyridine rings is 1. The number of aryl methyl sites for hydroxylation is 5. The molecule has 0 spiro atoms. The molecule has 0 amide bonds. The zero-order valence-corrected chi connectivity index (χ0v) is 20.4. The second-order valence-corrected chi connectivity index (χ2v) is 9.68. The number of benzene rings is 4. The van der Waals surface area contributed by atoms with Crippen LogP contribution in [0.25, 0.3) is 49.4 Å². The van der Waals surface area contributed by atoms with Crippen LogP contribution in [0.5, 0.6) is 0 Å². The van der Waals surface area contributed by atoms with Crippen molar-refractivity contribution in [1.82, 2.24) is 9.61 Å². The van der Waals surface area contributed by atoms with Crippen LogP contribution in [-0.4, -0.2) is 9.61 Å². The summed E-state index contributed by atoms with van der Waals surface area (Å²) < 4.78 is 2.10. The molecule has 2 heterocycles. The molecule has 2 nitrogen and oxygen atoms in total. The van der Waals surface area contributed by atoms with Crippen molar-refractivity contribution in [2.45, 2.75) is 34.6 Å². The molecule has 6 rings (SSSR count). The van der Waals surface area contributed by atoms with E-state index in [0.717, 1.165) is 11.0 Å². The Hall–Kier alpha value is -3.91. The highest BCUT2D eigenvalue weighted by atomic mass is 15.2. The number of rotatable bonds is 2. The SMILES string of the molecule is Cc1ccc(-c2cccc3c2c2ccc(-c4c(C)cc(C)cc4C)cc2c2ccnn23)c(C)c1. The van der Waals surface area contributed by atoms with Crippen molar-refractivity contribution in [2.75, 3.05) is 0 Å². The van der Waals surface area contributed by atoms with Crippen LogP contribution in [0.2, 0.25) is 0 Å². The summed E-state index contributed by atoms with van der Waals surface area (Å²) in [5.41, 5.74) is 13.9. The molecule has 0 radical (unpaired) electrons. The summed E-state index contributed by atoms with van der Waals surface area (Å²) in [6.07, 6.45) is 1.91. The normalized spacial score (nSPS) is 11.7. The van der Waals surface area contributed by atoms with E-state index in [4.69, 9.17) is 5.10 Å². The molecule has 0 fully saturated rings. The van der Waals surface area contributed by atoms with Gasteiger partial charge in [-0.25, -0.2) is 4.52 Å². The maximum Gasteiger partial charge on any atom is 0.0747 e. The molecule has 166 valence electrons. The second-order valence-electron chi connectivity index (χ2n) is 9.68. The van der Waals surface area contributed by atoms with Gasteiger partial charge in [0, 0.05) is 10.8 Å². The zero-order valence-electron chi connectivity index (χ0n) is 20.4. The smallest absolute Gasteiger partial charge is 0.0747 e. The van der Waals surface area contributed by atoms with Crippen LogP contribution in [0.1, 0.15) is 27.8 Å². The zero-order chi connectivity index (χ0) is 23.6. The average Bonchev–Trinajstić information content (AvgIpc) is 3.29. The van der Waals surface area contributed by atoms with Gasteiger partial charge in [-0.1, -0.05) is 65.7 Å². The number of nitrogens with zero attached hydrogens (tertiary/aromatic N) is 2. The van der Waals surface area contributed by atoms with Crippen LogP contribution in [0.3, 0.4) is 0 Å². The van der Waals surface area contributed by atoms with Gasteiger partial charge in [-0.05, 0) is 97.1 Å². The Morgan fingerprint density at radius 3 is 2.12 bits per heavy atom. The quantitative estimate of drug-likeness (QED) is 0.247. The molecule has 6 aromatic rings. The summed E-state index contributed by atoms with van der Waals surface area (Å²) in [4.78, 5) is 0. The summed E-state index contributed by atoms with van der Waals surface area (Å²) in [7, 11) is 0. The molecule has 0 saturated carbocycles. The van der Waals surface area contributed by atoms with E-state index in [1.54, 1.807) is 0 Å². The summed E-state index contributed by atoms with van der Waals surface area (Å²) in [6.45, 7) is 11.0. The summed E-state index contributed by atoms with van der Waals surface area (Å²) in [5.74, 6) is 0. The van der Waals surface area contributed by atoms with E-state index >= 15 is 0 Å². The van der Waals surface area contributed by atoms with Gasteiger partial charge in [-0.3, -0.25) is 0 Å². The highest BCUT2D eigenvalue weighted by Gasteiger charge is 2.16. The lowest BCUT2D eigenvalue weighted by molar-refractivity contribution is 1.01. The van der Waals surface area contributed by atoms with Gasteiger partial charge in [0.2, 0.25) is 0 Å². The van der Waals surface area contributed by atoms with Crippen LogP contribution in [-0.2, 0) is 0 Å². The first-order chi connectivity index (χ1) is 16.4. The van der Waals surface area contributed by atoms with E-state index in [1.165, 1.54) is 66.2 Å². The molecule has 2 aromatic heterocycles. The van der Waals surface area contributed by atoms with Crippen molar-refractivity contribution >= 4 is 27.2 Å². The average molecular weight is 441 g/mol. The Bertz CT molecular complexity index is 1730. The highest BCUT2D eigenvalue weighted by Crippen LogP contribution is 2.39. The van der Waals surface area contributed by atoms with Crippen molar-refractivity contribution in [2.24, 2.45) is 0 Å². The Labute approximate surface area is 200 Å².